The Kier molecular flexibility index (Phi) is 7.64. The number of urea groups is 2. The van der Waals surface area contributed by atoms with E-state index in [0.29, 0.717) is 11.8 Å². The summed E-state index contributed by atoms with van der Waals surface area (Å²) in [5.41, 5.74) is 2.48. The van der Waals surface area contributed by atoms with Gasteiger partial charge in [0.1, 0.15) is 0 Å². The van der Waals surface area contributed by atoms with Crippen LogP contribution in [0.25, 0.3) is 0 Å². The van der Waals surface area contributed by atoms with Gasteiger partial charge in [-0.05, 0) is 78.0 Å². The molecule has 0 spiro atoms. The fourth-order valence-electron chi connectivity index (χ4n) is 5.37. The SMILES string of the molecule is CCCC1CCc2sccc2C1NC(=O)N(C)N(C)C(=O)NC1c2ccsc2CCC1CC. The number of rotatable bonds is 5. The van der Waals surface area contributed by atoms with Gasteiger partial charge in [-0.2, -0.15) is 0 Å². The molecule has 0 saturated carbocycles. The van der Waals surface area contributed by atoms with Gasteiger partial charge in [0.05, 0.1) is 12.1 Å². The average Bonchev–Trinajstić information content (AvgIpc) is 3.49. The topological polar surface area (TPSA) is 64.7 Å². The highest BCUT2D eigenvalue weighted by Gasteiger charge is 2.34. The zero-order chi connectivity index (χ0) is 23.5. The number of hydrogen-bond donors (Lipinski definition) is 2. The van der Waals surface area contributed by atoms with E-state index in [1.807, 2.05) is 0 Å². The monoisotopic (exact) mass is 488 g/mol. The van der Waals surface area contributed by atoms with Crippen LogP contribution in [0.2, 0.25) is 0 Å². The first-order valence-corrected chi connectivity index (χ1v) is 13.9. The Morgan fingerprint density at radius 2 is 1.36 bits per heavy atom. The van der Waals surface area contributed by atoms with Gasteiger partial charge in [0.2, 0.25) is 0 Å². The molecule has 4 rings (SSSR count). The fraction of sp³-hybridized carbons (Fsp3) is 0.600. The second-order valence-corrected chi connectivity index (χ2v) is 11.3. The highest BCUT2D eigenvalue weighted by atomic mass is 32.1. The Balaban J connectivity index is 1.43. The third-order valence-electron chi connectivity index (χ3n) is 7.44. The van der Waals surface area contributed by atoms with Crippen molar-refractivity contribution in [2.45, 2.75) is 70.9 Å². The maximum Gasteiger partial charge on any atom is 0.336 e. The molecule has 2 aliphatic carbocycles. The van der Waals surface area contributed by atoms with Crippen LogP contribution in [0.15, 0.2) is 22.9 Å². The van der Waals surface area contributed by atoms with Crippen LogP contribution in [0.4, 0.5) is 9.59 Å². The molecule has 2 N–H and O–H groups in total. The van der Waals surface area contributed by atoms with Gasteiger partial charge in [-0.1, -0.05) is 26.7 Å². The van der Waals surface area contributed by atoms with E-state index in [9.17, 15) is 9.59 Å². The molecule has 0 fully saturated rings. The molecule has 4 atom stereocenters. The Labute approximate surface area is 205 Å². The summed E-state index contributed by atoms with van der Waals surface area (Å²) in [7, 11) is 3.32. The smallest absolute Gasteiger partial charge is 0.329 e. The summed E-state index contributed by atoms with van der Waals surface area (Å²) in [6.45, 7) is 4.38. The molecule has 0 radical (unpaired) electrons. The molecule has 8 heteroatoms. The summed E-state index contributed by atoms with van der Waals surface area (Å²) < 4.78 is 0. The molecular weight excluding hydrogens is 452 g/mol. The van der Waals surface area contributed by atoms with Crippen molar-refractivity contribution in [3.05, 3.63) is 43.8 Å². The number of carbonyl (C=O) groups is 2. The number of amides is 4. The van der Waals surface area contributed by atoms with E-state index in [-0.39, 0.29) is 24.1 Å². The van der Waals surface area contributed by atoms with Gasteiger partial charge >= 0.3 is 12.1 Å². The van der Waals surface area contributed by atoms with Crippen LogP contribution in [-0.4, -0.2) is 36.2 Å². The van der Waals surface area contributed by atoms with Crippen LogP contribution in [-0.2, 0) is 12.8 Å². The molecule has 4 unspecified atom stereocenters. The van der Waals surface area contributed by atoms with Gasteiger partial charge < -0.3 is 10.6 Å². The molecule has 180 valence electrons. The van der Waals surface area contributed by atoms with Crippen LogP contribution in [0.1, 0.15) is 78.9 Å². The third-order valence-corrected chi connectivity index (χ3v) is 9.43. The van der Waals surface area contributed by atoms with Crippen molar-refractivity contribution >= 4 is 34.7 Å². The fourth-order valence-corrected chi connectivity index (χ4v) is 7.27. The van der Waals surface area contributed by atoms with Gasteiger partial charge in [0.15, 0.2) is 0 Å². The van der Waals surface area contributed by atoms with Crippen molar-refractivity contribution in [2.24, 2.45) is 11.8 Å². The lowest BCUT2D eigenvalue weighted by atomic mass is 9.81. The maximum absolute atomic E-state index is 13.2. The van der Waals surface area contributed by atoms with Gasteiger partial charge in [-0.25, -0.2) is 19.6 Å². The summed E-state index contributed by atoms with van der Waals surface area (Å²) in [6.07, 6.45) is 7.55. The number of hydrazine groups is 1. The Hall–Kier alpha value is -2.06. The van der Waals surface area contributed by atoms with Gasteiger partial charge in [-0.15, -0.1) is 22.7 Å². The van der Waals surface area contributed by atoms with Crippen molar-refractivity contribution < 1.29 is 9.59 Å². The van der Waals surface area contributed by atoms with E-state index in [1.54, 1.807) is 36.8 Å². The van der Waals surface area contributed by atoms with Crippen molar-refractivity contribution in [3.8, 4) is 0 Å². The molecule has 2 aromatic rings. The van der Waals surface area contributed by atoms with Crippen molar-refractivity contribution in [2.75, 3.05) is 14.1 Å². The van der Waals surface area contributed by atoms with Crippen LogP contribution in [0.3, 0.4) is 0 Å². The molecular formula is C25H36N4O2S2. The van der Waals surface area contributed by atoms with Crippen LogP contribution >= 0.6 is 22.7 Å². The number of hydrogen-bond acceptors (Lipinski definition) is 4. The van der Waals surface area contributed by atoms with E-state index in [0.717, 1.165) is 44.9 Å². The predicted octanol–water partition coefficient (Wildman–Crippen LogP) is 6.12. The first-order chi connectivity index (χ1) is 15.9. The van der Waals surface area contributed by atoms with E-state index >= 15 is 0 Å². The highest BCUT2D eigenvalue weighted by molar-refractivity contribution is 7.10. The minimum atomic E-state index is -0.250. The third kappa shape index (κ3) is 4.92. The first kappa shape index (κ1) is 24.1. The molecule has 6 nitrogen and oxygen atoms in total. The highest BCUT2D eigenvalue weighted by Crippen LogP contribution is 2.40. The van der Waals surface area contributed by atoms with Gasteiger partial charge in [0, 0.05) is 23.8 Å². The number of thiophene rings is 2. The lowest BCUT2D eigenvalue weighted by Crippen LogP contribution is -2.54. The van der Waals surface area contributed by atoms with Crippen LogP contribution in [0, 0.1) is 11.8 Å². The molecule has 2 heterocycles. The Morgan fingerprint density at radius 3 is 1.85 bits per heavy atom. The number of fused-ring (bicyclic) bond motifs is 2. The van der Waals surface area contributed by atoms with E-state index in [2.05, 4.69) is 47.4 Å². The van der Waals surface area contributed by atoms with Gasteiger partial charge in [-0.3, -0.25) is 0 Å². The zero-order valence-corrected chi connectivity index (χ0v) is 21.7. The van der Waals surface area contributed by atoms with E-state index in [4.69, 9.17) is 0 Å². The minimum Gasteiger partial charge on any atom is -0.329 e. The van der Waals surface area contributed by atoms with Crippen molar-refractivity contribution in [1.82, 2.24) is 20.7 Å². The molecule has 2 aromatic heterocycles. The second kappa shape index (κ2) is 10.5. The van der Waals surface area contributed by atoms with Crippen molar-refractivity contribution in [1.29, 1.82) is 0 Å². The van der Waals surface area contributed by atoms with Crippen molar-refractivity contribution in [3.63, 3.8) is 0 Å². The lowest BCUT2D eigenvalue weighted by Gasteiger charge is -2.37. The second-order valence-electron chi connectivity index (χ2n) is 9.29. The number of aryl methyl sites for hydroxylation is 2. The van der Waals surface area contributed by atoms with E-state index in [1.165, 1.54) is 30.9 Å². The number of nitrogens with zero attached hydrogens (tertiary/aromatic N) is 2. The molecule has 33 heavy (non-hydrogen) atoms. The van der Waals surface area contributed by atoms with E-state index < -0.39 is 0 Å². The van der Waals surface area contributed by atoms with Gasteiger partial charge in [0.25, 0.3) is 0 Å². The summed E-state index contributed by atoms with van der Waals surface area (Å²) >= 11 is 3.54. The first-order valence-electron chi connectivity index (χ1n) is 12.1. The minimum absolute atomic E-state index is 0.00235. The lowest BCUT2D eigenvalue weighted by molar-refractivity contribution is 0.0794. The molecule has 2 aliphatic rings. The Morgan fingerprint density at radius 1 is 0.879 bits per heavy atom. The van der Waals surface area contributed by atoms with Crippen LogP contribution in [0.5, 0.6) is 0 Å². The van der Waals surface area contributed by atoms with Crippen LogP contribution < -0.4 is 10.6 Å². The quantitative estimate of drug-likeness (QED) is 0.498. The number of carbonyl (C=O) groups excluding carboxylic acids is 2. The molecule has 0 bridgehead atoms. The zero-order valence-electron chi connectivity index (χ0n) is 20.1. The molecule has 0 aromatic carbocycles. The standard InChI is InChI=1S/C25H36N4O2S2/c1-5-7-17-9-11-21-19(13-15-33-21)23(17)27-25(31)29(4)28(3)24(30)26-22-16(6-2)8-10-20-18(22)12-14-32-20/h12-17,22-23H,5-11H2,1-4H3,(H,26,30)(H,27,31). The number of nitrogens with one attached hydrogen (secondary N) is 2. The predicted molar refractivity (Wildman–Crippen MR) is 136 cm³/mol. The normalized spacial score (nSPS) is 23.9. The summed E-state index contributed by atoms with van der Waals surface area (Å²) in [5.74, 6) is 0.843. The summed E-state index contributed by atoms with van der Waals surface area (Å²) in [4.78, 5) is 29.1. The largest absolute Gasteiger partial charge is 0.336 e. The molecule has 0 saturated heterocycles. The molecule has 0 aliphatic heterocycles. The summed E-state index contributed by atoms with van der Waals surface area (Å²) in [6, 6.07) is 3.79. The average molecular weight is 489 g/mol. The summed E-state index contributed by atoms with van der Waals surface area (Å²) in [5, 5.41) is 13.5. The molecule has 4 amide bonds. The Bertz CT molecular complexity index is 971. The maximum atomic E-state index is 13.2.